The number of carbonyl (C=O) groups is 1. The van der Waals surface area contributed by atoms with E-state index in [9.17, 15) is 14.7 Å². The Morgan fingerprint density at radius 1 is 1.34 bits per heavy atom. The summed E-state index contributed by atoms with van der Waals surface area (Å²) >= 11 is 0. The number of aromatic nitrogens is 4. The number of imidazole rings is 1. The average Bonchev–Trinajstić information content (AvgIpc) is 3.17. The smallest absolute Gasteiger partial charge is 0.280 e. The number of aliphatic hydroxyl groups excluding tert-OH is 1. The van der Waals surface area contributed by atoms with E-state index in [1.807, 2.05) is 6.07 Å². The number of morpholine rings is 1. The normalized spacial score (nSPS) is 19.2. The maximum Gasteiger partial charge on any atom is 0.280 e. The van der Waals surface area contributed by atoms with Crippen LogP contribution in [0.2, 0.25) is 0 Å². The van der Waals surface area contributed by atoms with Crippen molar-refractivity contribution in [3.63, 3.8) is 0 Å². The molecule has 0 aliphatic carbocycles. The van der Waals surface area contributed by atoms with Crippen LogP contribution in [-0.4, -0.2) is 62.9 Å². The van der Waals surface area contributed by atoms with Crippen LogP contribution in [0, 0.1) is 0 Å². The quantitative estimate of drug-likeness (QED) is 0.438. The van der Waals surface area contributed by atoms with Gasteiger partial charge >= 0.3 is 0 Å². The van der Waals surface area contributed by atoms with E-state index in [4.69, 9.17) is 9.47 Å². The summed E-state index contributed by atoms with van der Waals surface area (Å²) in [6.07, 6.45) is 0.580. The number of para-hydroxylation sites is 1. The first-order valence-corrected chi connectivity index (χ1v) is 9.05. The molecule has 1 aliphatic rings. The second kappa shape index (κ2) is 8.39. The molecule has 0 radical (unpaired) electrons. The van der Waals surface area contributed by atoms with Gasteiger partial charge in [0, 0.05) is 13.1 Å². The van der Waals surface area contributed by atoms with Gasteiger partial charge in [-0.05, 0) is 12.1 Å². The summed E-state index contributed by atoms with van der Waals surface area (Å²) < 4.78 is 12.8. The van der Waals surface area contributed by atoms with Crippen molar-refractivity contribution in [3.05, 3.63) is 47.0 Å². The van der Waals surface area contributed by atoms with Gasteiger partial charge in [-0.15, -0.1) is 0 Å². The number of anilines is 1. The molecule has 1 aromatic carbocycles. The highest BCUT2D eigenvalue weighted by molar-refractivity contribution is 5.90. The van der Waals surface area contributed by atoms with Gasteiger partial charge in [0.2, 0.25) is 5.95 Å². The van der Waals surface area contributed by atoms with Crippen LogP contribution in [0.1, 0.15) is 6.23 Å². The summed E-state index contributed by atoms with van der Waals surface area (Å²) in [5.41, 5.74) is -0.104. The van der Waals surface area contributed by atoms with Gasteiger partial charge in [0.25, 0.3) is 11.5 Å². The van der Waals surface area contributed by atoms with Crippen molar-refractivity contribution in [1.82, 2.24) is 24.8 Å². The summed E-state index contributed by atoms with van der Waals surface area (Å²) in [5.74, 6) is 0.0600. The van der Waals surface area contributed by atoms with Crippen LogP contribution in [0.3, 0.4) is 0 Å². The summed E-state index contributed by atoms with van der Waals surface area (Å²) in [5, 5.41) is 15.0. The predicted octanol–water partition coefficient (Wildman–Crippen LogP) is -0.384. The summed E-state index contributed by atoms with van der Waals surface area (Å²) in [6.45, 7) is 0.616. The highest BCUT2D eigenvalue weighted by atomic mass is 16.5. The molecule has 1 saturated heterocycles. The zero-order valence-electron chi connectivity index (χ0n) is 15.4. The number of rotatable bonds is 6. The molecule has 2 aromatic heterocycles. The number of amides is 1. The first-order chi connectivity index (χ1) is 14.1. The highest BCUT2D eigenvalue weighted by Crippen LogP contribution is 2.19. The van der Waals surface area contributed by atoms with Gasteiger partial charge in [0.15, 0.2) is 17.8 Å². The van der Waals surface area contributed by atoms with E-state index >= 15 is 0 Å². The summed E-state index contributed by atoms with van der Waals surface area (Å²) in [7, 11) is 0. The lowest BCUT2D eigenvalue weighted by molar-refractivity contribution is -0.118. The van der Waals surface area contributed by atoms with E-state index in [0.29, 0.717) is 18.8 Å². The third kappa shape index (κ3) is 4.26. The lowest BCUT2D eigenvalue weighted by Gasteiger charge is -2.30. The molecule has 3 heterocycles. The molecule has 29 heavy (non-hydrogen) atoms. The van der Waals surface area contributed by atoms with Crippen LogP contribution < -0.4 is 20.9 Å². The molecule has 1 aliphatic heterocycles. The zero-order valence-corrected chi connectivity index (χ0v) is 15.4. The van der Waals surface area contributed by atoms with Crippen molar-refractivity contribution in [2.75, 3.05) is 31.6 Å². The number of benzene rings is 1. The van der Waals surface area contributed by atoms with E-state index in [-0.39, 0.29) is 36.4 Å². The Bertz CT molecular complexity index is 1050. The highest BCUT2D eigenvalue weighted by Gasteiger charge is 2.25. The average molecular weight is 400 g/mol. The van der Waals surface area contributed by atoms with Crippen molar-refractivity contribution in [2.24, 2.45) is 0 Å². The van der Waals surface area contributed by atoms with Gasteiger partial charge < -0.3 is 19.9 Å². The van der Waals surface area contributed by atoms with Gasteiger partial charge in [-0.25, -0.2) is 4.98 Å². The monoisotopic (exact) mass is 400 g/mol. The fraction of sp³-hybridized carbons (Fsp3) is 0.333. The SMILES string of the molecule is O=C(COc1ccccc1)Nc1nc2c(ncn2[C@H]2CNC[C@@H](CO)O2)c(=O)[nH]1. The predicted molar refractivity (Wildman–Crippen MR) is 103 cm³/mol. The second-order valence-corrected chi connectivity index (χ2v) is 6.44. The van der Waals surface area contributed by atoms with Crippen molar-refractivity contribution in [2.45, 2.75) is 12.3 Å². The first-order valence-electron chi connectivity index (χ1n) is 9.05. The van der Waals surface area contributed by atoms with Crippen molar-refractivity contribution < 1.29 is 19.4 Å². The minimum atomic E-state index is -0.495. The Labute approximate surface area is 164 Å². The van der Waals surface area contributed by atoms with E-state index in [2.05, 4.69) is 25.6 Å². The summed E-state index contributed by atoms with van der Waals surface area (Å²) in [6, 6.07) is 8.90. The van der Waals surface area contributed by atoms with Crippen LogP contribution in [0.15, 0.2) is 41.5 Å². The number of aromatic amines is 1. The lowest BCUT2D eigenvalue weighted by atomic mass is 10.3. The van der Waals surface area contributed by atoms with Crippen LogP contribution in [0.5, 0.6) is 5.75 Å². The molecule has 0 unspecified atom stereocenters. The number of hydrogen-bond donors (Lipinski definition) is 4. The number of nitrogens with zero attached hydrogens (tertiary/aromatic N) is 3. The Hall–Kier alpha value is -3.28. The molecule has 2 atom stereocenters. The lowest BCUT2D eigenvalue weighted by Crippen LogP contribution is -2.44. The molecule has 4 N–H and O–H groups in total. The Balaban J connectivity index is 1.51. The largest absolute Gasteiger partial charge is 0.484 e. The van der Waals surface area contributed by atoms with Crippen molar-refractivity contribution >= 4 is 23.0 Å². The minimum Gasteiger partial charge on any atom is -0.484 e. The van der Waals surface area contributed by atoms with E-state index < -0.39 is 17.7 Å². The maximum absolute atomic E-state index is 12.3. The molecule has 3 aromatic rings. The van der Waals surface area contributed by atoms with Crippen molar-refractivity contribution in [3.8, 4) is 5.75 Å². The second-order valence-electron chi connectivity index (χ2n) is 6.44. The van der Waals surface area contributed by atoms with Gasteiger partial charge in [0.1, 0.15) is 12.0 Å². The molecule has 11 heteroatoms. The maximum atomic E-state index is 12.3. The number of fused-ring (bicyclic) bond motifs is 1. The van der Waals surface area contributed by atoms with Gasteiger partial charge in [-0.3, -0.25) is 24.5 Å². The number of H-pyrrole nitrogens is 1. The van der Waals surface area contributed by atoms with Crippen molar-refractivity contribution in [1.29, 1.82) is 0 Å². The molecule has 0 bridgehead atoms. The molecular formula is C18H20N6O5. The third-order valence-electron chi connectivity index (χ3n) is 4.36. The van der Waals surface area contributed by atoms with E-state index in [1.165, 1.54) is 6.33 Å². The van der Waals surface area contributed by atoms with Crippen LogP contribution in [-0.2, 0) is 9.53 Å². The van der Waals surface area contributed by atoms with E-state index in [0.717, 1.165) is 0 Å². The van der Waals surface area contributed by atoms with Gasteiger partial charge in [0.05, 0.1) is 19.0 Å². The van der Waals surface area contributed by atoms with Crippen LogP contribution in [0.25, 0.3) is 11.2 Å². The Morgan fingerprint density at radius 3 is 2.97 bits per heavy atom. The first kappa shape index (κ1) is 19.1. The summed E-state index contributed by atoms with van der Waals surface area (Å²) in [4.78, 5) is 35.4. The number of aliphatic hydroxyl groups is 1. The molecular weight excluding hydrogens is 380 g/mol. The molecule has 1 fully saturated rings. The molecule has 11 nitrogen and oxygen atoms in total. The molecule has 152 valence electrons. The number of ether oxygens (including phenoxy) is 2. The standard InChI is InChI=1S/C18H20N6O5/c25-8-12-6-19-7-14(29-12)24-10-20-15-16(24)22-18(23-17(15)27)21-13(26)9-28-11-4-2-1-3-5-11/h1-5,10,12,14,19,25H,6-9H2,(H2,21,22,23,26,27)/t12-,14+/m0/s1. The number of nitrogens with one attached hydrogen (secondary N) is 3. The molecule has 4 rings (SSSR count). The molecule has 0 spiro atoms. The zero-order chi connectivity index (χ0) is 20.2. The Kier molecular flexibility index (Phi) is 5.51. The molecule has 1 amide bonds. The van der Waals surface area contributed by atoms with Crippen LogP contribution in [0.4, 0.5) is 5.95 Å². The fourth-order valence-electron chi connectivity index (χ4n) is 2.99. The fourth-order valence-corrected chi connectivity index (χ4v) is 2.99. The number of carbonyl (C=O) groups excluding carboxylic acids is 1. The third-order valence-corrected chi connectivity index (χ3v) is 4.36. The topological polar surface area (TPSA) is 143 Å². The van der Waals surface area contributed by atoms with Gasteiger partial charge in [-0.2, -0.15) is 4.98 Å². The van der Waals surface area contributed by atoms with Crippen LogP contribution >= 0.6 is 0 Å². The number of hydrogen-bond acceptors (Lipinski definition) is 8. The van der Waals surface area contributed by atoms with Gasteiger partial charge in [-0.1, -0.05) is 18.2 Å². The minimum absolute atomic E-state index is 0.0200. The van der Waals surface area contributed by atoms with E-state index in [1.54, 1.807) is 28.8 Å². The molecule has 0 saturated carbocycles. The Morgan fingerprint density at radius 2 is 2.17 bits per heavy atom.